The highest BCUT2D eigenvalue weighted by molar-refractivity contribution is 6.30. The molecule has 3 nitrogen and oxygen atoms in total. The Labute approximate surface area is 131 Å². The van der Waals surface area contributed by atoms with Gasteiger partial charge in [-0.25, -0.2) is 4.39 Å². The van der Waals surface area contributed by atoms with E-state index in [0.29, 0.717) is 22.9 Å². The molecule has 0 spiro atoms. The lowest BCUT2D eigenvalue weighted by molar-refractivity contribution is -0.0747. The van der Waals surface area contributed by atoms with Crippen LogP contribution >= 0.6 is 11.6 Å². The highest BCUT2D eigenvalue weighted by Gasteiger charge is 2.41. The standard InChI is InChI=1S/C16H24ClFN2O/c1-11-5-7-16(21-2,8-6-11)15(20-19)9-12-3-4-13(17)10-14(12)18/h3-4,10-11,15,20H,5-9,19H2,1-2H3. The molecule has 1 aliphatic carbocycles. The molecule has 1 unspecified atom stereocenters. The van der Waals surface area contributed by atoms with E-state index in [0.717, 1.165) is 25.7 Å². The van der Waals surface area contributed by atoms with Crippen molar-refractivity contribution < 1.29 is 9.13 Å². The summed E-state index contributed by atoms with van der Waals surface area (Å²) in [5.74, 6) is 6.16. The summed E-state index contributed by atoms with van der Waals surface area (Å²) in [5, 5.41) is 0.404. The van der Waals surface area contributed by atoms with Crippen LogP contribution in [0.2, 0.25) is 5.02 Å². The second-order valence-electron chi connectivity index (χ2n) is 6.11. The van der Waals surface area contributed by atoms with Crippen LogP contribution in [0.15, 0.2) is 18.2 Å². The minimum Gasteiger partial charge on any atom is -0.377 e. The molecule has 1 aliphatic rings. The van der Waals surface area contributed by atoms with Crippen LogP contribution in [0.3, 0.4) is 0 Å². The number of rotatable bonds is 5. The lowest BCUT2D eigenvalue weighted by Gasteiger charge is -2.43. The van der Waals surface area contributed by atoms with Crippen LogP contribution in [0.1, 0.15) is 38.2 Å². The molecule has 0 heterocycles. The first kappa shape index (κ1) is 16.7. The first-order valence-electron chi connectivity index (χ1n) is 7.46. The molecular weight excluding hydrogens is 291 g/mol. The van der Waals surface area contributed by atoms with Gasteiger partial charge in [0, 0.05) is 12.1 Å². The van der Waals surface area contributed by atoms with Gasteiger partial charge in [-0.2, -0.15) is 0 Å². The fourth-order valence-corrected chi connectivity index (χ4v) is 3.41. The molecule has 0 aromatic heterocycles. The van der Waals surface area contributed by atoms with Crippen molar-refractivity contribution in [1.29, 1.82) is 0 Å². The lowest BCUT2D eigenvalue weighted by Crippen LogP contribution is -2.57. The quantitative estimate of drug-likeness (QED) is 0.646. The van der Waals surface area contributed by atoms with Gasteiger partial charge in [0.25, 0.3) is 0 Å². The summed E-state index contributed by atoms with van der Waals surface area (Å²) in [6.07, 6.45) is 4.58. The van der Waals surface area contributed by atoms with Crippen molar-refractivity contribution in [3.05, 3.63) is 34.6 Å². The molecule has 21 heavy (non-hydrogen) atoms. The van der Waals surface area contributed by atoms with Crippen LogP contribution in [0.25, 0.3) is 0 Å². The summed E-state index contributed by atoms with van der Waals surface area (Å²) >= 11 is 5.80. The molecule has 0 aliphatic heterocycles. The zero-order valence-corrected chi connectivity index (χ0v) is 13.4. The van der Waals surface area contributed by atoms with Gasteiger partial charge in [-0.1, -0.05) is 24.6 Å². The summed E-state index contributed by atoms with van der Waals surface area (Å²) in [6.45, 7) is 2.25. The Morgan fingerprint density at radius 3 is 2.67 bits per heavy atom. The number of hydrazine groups is 1. The minimum absolute atomic E-state index is 0.120. The van der Waals surface area contributed by atoms with E-state index in [2.05, 4.69) is 12.3 Å². The van der Waals surface area contributed by atoms with Gasteiger partial charge in [0.05, 0.1) is 11.6 Å². The summed E-state index contributed by atoms with van der Waals surface area (Å²) in [6, 6.07) is 4.64. The molecule has 2 rings (SSSR count). The first-order valence-corrected chi connectivity index (χ1v) is 7.84. The van der Waals surface area contributed by atoms with Crippen LogP contribution in [0.5, 0.6) is 0 Å². The third kappa shape index (κ3) is 3.75. The third-order valence-corrected chi connectivity index (χ3v) is 5.04. The monoisotopic (exact) mass is 314 g/mol. The van der Waals surface area contributed by atoms with Crippen molar-refractivity contribution in [2.45, 2.75) is 50.7 Å². The van der Waals surface area contributed by atoms with E-state index in [1.807, 2.05) is 0 Å². The smallest absolute Gasteiger partial charge is 0.127 e. The number of hydrogen-bond donors (Lipinski definition) is 2. The fraction of sp³-hybridized carbons (Fsp3) is 0.625. The largest absolute Gasteiger partial charge is 0.377 e. The average molecular weight is 315 g/mol. The molecule has 1 saturated carbocycles. The molecule has 1 aromatic rings. The second kappa shape index (κ2) is 7.05. The molecule has 0 radical (unpaired) electrons. The summed E-state index contributed by atoms with van der Waals surface area (Å²) in [4.78, 5) is 0. The Kier molecular flexibility index (Phi) is 5.60. The molecule has 5 heteroatoms. The van der Waals surface area contributed by atoms with Crippen LogP contribution < -0.4 is 11.3 Å². The molecule has 1 aromatic carbocycles. The Balaban J connectivity index is 2.17. The maximum atomic E-state index is 14.0. The Hall–Kier alpha value is -0.680. The van der Waals surface area contributed by atoms with Crippen LogP contribution in [-0.4, -0.2) is 18.8 Å². The molecule has 1 atom stereocenters. The molecule has 0 amide bonds. The molecule has 0 saturated heterocycles. The van der Waals surface area contributed by atoms with Gasteiger partial charge < -0.3 is 4.74 Å². The molecule has 3 N–H and O–H groups in total. The van der Waals surface area contributed by atoms with Crippen molar-refractivity contribution >= 4 is 11.6 Å². The van der Waals surface area contributed by atoms with Crippen molar-refractivity contribution in [3.63, 3.8) is 0 Å². The van der Waals surface area contributed by atoms with Gasteiger partial charge in [0.15, 0.2) is 0 Å². The van der Waals surface area contributed by atoms with E-state index in [9.17, 15) is 4.39 Å². The van der Waals surface area contributed by atoms with E-state index in [1.165, 1.54) is 6.07 Å². The van der Waals surface area contributed by atoms with Gasteiger partial charge in [0.2, 0.25) is 0 Å². The number of nitrogens with two attached hydrogens (primary N) is 1. The Morgan fingerprint density at radius 2 is 2.14 bits per heavy atom. The number of hydrogen-bond acceptors (Lipinski definition) is 3. The number of halogens is 2. The fourth-order valence-electron chi connectivity index (χ4n) is 3.25. The van der Waals surface area contributed by atoms with Gasteiger partial charge in [-0.05, 0) is 55.7 Å². The number of benzene rings is 1. The van der Waals surface area contributed by atoms with E-state index in [1.54, 1.807) is 19.2 Å². The topological polar surface area (TPSA) is 47.3 Å². The molecular formula is C16H24ClFN2O. The predicted octanol–water partition coefficient (Wildman–Crippen LogP) is 3.45. The minimum atomic E-state index is -0.326. The highest BCUT2D eigenvalue weighted by Crippen LogP contribution is 2.37. The number of nitrogens with one attached hydrogen (secondary N) is 1. The van der Waals surface area contributed by atoms with Crippen molar-refractivity contribution in [3.8, 4) is 0 Å². The second-order valence-corrected chi connectivity index (χ2v) is 6.55. The van der Waals surface area contributed by atoms with E-state index in [4.69, 9.17) is 22.2 Å². The maximum absolute atomic E-state index is 14.0. The van der Waals surface area contributed by atoms with Crippen LogP contribution in [0.4, 0.5) is 4.39 Å². The summed E-state index contributed by atoms with van der Waals surface area (Å²) < 4.78 is 19.8. The van der Waals surface area contributed by atoms with Gasteiger partial charge in [-0.15, -0.1) is 0 Å². The van der Waals surface area contributed by atoms with Crippen molar-refractivity contribution in [1.82, 2.24) is 5.43 Å². The summed E-state index contributed by atoms with van der Waals surface area (Å²) in [7, 11) is 1.72. The molecule has 0 bridgehead atoms. The van der Waals surface area contributed by atoms with Gasteiger partial charge in [0.1, 0.15) is 5.82 Å². The third-order valence-electron chi connectivity index (χ3n) is 4.80. The van der Waals surface area contributed by atoms with E-state index in [-0.39, 0.29) is 17.5 Å². The zero-order chi connectivity index (χ0) is 15.5. The Morgan fingerprint density at radius 1 is 1.48 bits per heavy atom. The van der Waals surface area contributed by atoms with Crippen LogP contribution in [0, 0.1) is 11.7 Å². The Bertz CT molecular complexity index is 475. The highest BCUT2D eigenvalue weighted by atomic mass is 35.5. The predicted molar refractivity (Wildman–Crippen MR) is 83.6 cm³/mol. The SMILES string of the molecule is COC1(C(Cc2ccc(Cl)cc2F)NN)CCC(C)CC1. The zero-order valence-electron chi connectivity index (χ0n) is 12.7. The normalized spacial score (nSPS) is 27.6. The van der Waals surface area contributed by atoms with Gasteiger partial charge >= 0.3 is 0 Å². The van der Waals surface area contributed by atoms with Crippen molar-refractivity contribution in [2.75, 3.05) is 7.11 Å². The molecule has 1 fully saturated rings. The average Bonchev–Trinajstić information content (AvgIpc) is 2.48. The number of ether oxygens (including phenoxy) is 1. The van der Waals surface area contributed by atoms with E-state index < -0.39 is 0 Å². The van der Waals surface area contributed by atoms with Crippen molar-refractivity contribution in [2.24, 2.45) is 11.8 Å². The maximum Gasteiger partial charge on any atom is 0.127 e. The van der Waals surface area contributed by atoms with Crippen LogP contribution in [-0.2, 0) is 11.2 Å². The van der Waals surface area contributed by atoms with Gasteiger partial charge in [-0.3, -0.25) is 11.3 Å². The molecule has 118 valence electrons. The lowest BCUT2D eigenvalue weighted by atomic mass is 9.74. The summed E-state index contributed by atoms with van der Waals surface area (Å²) in [5.41, 5.74) is 3.13. The van der Waals surface area contributed by atoms with E-state index >= 15 is 0 Å². The first-order chi connectivity index (χ1) is 10.0. The number of methoxy groups -OCH3 is 1.